The van der Waals surface area contributed by atoms with Crippen molar-refractivity contribution < 1.29 is 28.0 Å². The van der Waals surface area contributed by atoms with E-state index in [9.17, 15) is 5.26 Å². The lowest BCUT2D eigenvalue weighted by Crippen LogP contribution is -2.39. The van der Waals surface area contributed by atoms with Crippen LogP contribution in [0.15, 0.2) is 94.9 Å². The van der Waals surface area contributed by atoms with Crippen LogP contribution in [0.1, 0.15) is 63.5 Å². The lowest BCUT2D eigenvalue weighted by molar-refractivity contribution is -0.0915. The van der Waals surface area contributed by atoms with Crippen molar-refractivity contribution in [3.05, 3.63) is 107 Å². The summed E-state index contributed by atoms with van der Waals surface area (Å²) in [4.78, 5) is 20.2. The molecule has 6 rings (SSSR count). The summed E-state index contributed by atoms with van der Waals surface area (Å²) in [6.07, 6.45) is 2.08. The molecule has 0 bridgehead atoms. The zero-order valence-corrected chi connectivity index (χ0v) is 37.2. The van der Waals surface area contributed by atoms with E-state index in [-0.39, 0.29) is 31.7 Å². The molecule has 1 fully saturated rings. The third kappa shape index (κ3) is 9.93. The third-order valence-electron chi connectivity index (χ3n) is 9.82. The molecule has 0 radical (unpaired) electrons. The van der Waals surface area contributed by atoms with E-state index in [1.54, 1.807) is 20.6 Å². The van der Waals surface area contributed by atoms with Crippen LogP contribution < -0.4 is 9.47 Å². The van der Waals surface area contributed by atoms with Gasteiger partial charge in [0.1, 0.15) is 35.8 Å². The summed E-state index contributed by atoms with van der Waals surface area (Å²) in [5, 5.41) is 9.42. The lowest BCUT2D eigenvalue weighted by atomic mass is 9.80. The van der Waals surface area contributed by atoms with Crippen LogP contribution in [0.5, 0.6) is 11.5 Å². The molecule has 4 atom stereocenters. The number of aromatic nitrogens is 4. The van der Waals surface area contributed by atoms with Crippen LogP contribution in [0.4, 0.5) is 5.82 Å². The fraction of sp³-hybridized carbons (Fsp3) is 0.419. The number of imidazole rings is 1. The molecule has 1 unspecified atom stereocenters. The van der Waals surface area contributed by atoms with E-state index in [2.05, 4.69) is 81.5 Å². The van der Waals surface area contributed by atoms with Crippen molar-refractivity contribution in [1.82, 2.24) is 29.1 Å². The van der Waals surface area contributed by atoms with Gasteiger partial charge in [-0.15, -0.1) is 0 Å². The predicted octanol–water partition coefficient (Wildman–Crippen LogP) is 8.78. The first kappa shape index (κ1) is 44.0. The molecule has 0 spiro atoms. The minimum absolute atomic E-state index is 0.0940. The van der Waals surface area contributed by atoms with Crippen molar-refractivity contribution in [3.63, 3.8) is 0 Å². The first-order chi connectivity index (χ1) is 28.5. The minimum Gasteiger partial charge on any atom is -0.497 e. The van der Waals surface area contributed by atoms with E-state index in [0.717, 1.165) is 28.2 Å². The first-order valence-electron chi connectivity index (χ1n) is 19.5. The molecule has 59 heavy (non-hydrogen) atoms. The van der Waals surface area contributed by atoms with Gasteiger partial charge in [-0.1, -0.05) is 54.6 Å². The largest absolute Gasteiger partial charge is 0.497 e. The van der Waals surface area contributed by atoms with Crippen molar-refractivity contribution in [2.75, 3.05) is 41.5 Å². The fourth-order valence-electron chi connectivity index (χ4n) is 7.20. The van der Waals surface area contributed by atoms with Gasteiger partial charge in [0, 0.05) is 32.6 Å². The van der Waals surface area contributed by atoms with E-state index in [0.29, 0.717) is 28.1 Å². The van der Waals surface area contributed by atoms with Crippen LogP contribution >= 0.6 is 24.5 Å². The molecule has 312 valence electrons. The number of methoxy groups -OCH3 is 2. The Morgan fingerprint density at radius 2 is 1.56 bits per heavy atom. The first-order valence-corrected chi connectivity index (χ1v) is 21.4. The molecule has 0 amide bonds. The van der Waals surface area contributed by atoms with Crippen molar-refractivity contribution in [2.24, 2.45) is 4.99 Å². The summed E-state index contributed by atoms with van der Waals surface area (Å²) in [6, 6.07) is 28.4. The molecular formula is C43H52BrN8O6P. The molecule has 1 aliphatic heterocycles. The lowest BCUT2D eigenvalue weighted by Gasteiger charge is -2.39. The molecule has 1 aliphatic rings. The van der Waals surface area contributed by atoms with Gasteiger partial charge in [0.25, 0.3) is 8.53 Å². The molecule has 1 saturated heterocycles. The summed E-state index contributed by atoms with van der Waals surface area (Å²) in [7, 11) is 5.44. The highest BCUT2D eigenvalue weighted by atomic mass is 79.9. The van der Waals surface area contributed by atoms with Gasteiger partial charge >= 0.3 is 0 Å². The van der Waals surface area contributed by atoms with E-state index < -0.39 is 32.6 Å². The topological polar surface area (TPSA) is 142 Å². The second-order valence-electron chi connectivity index (χ2n) is 14.7. The van der Waals surface area contributed by atoms with E-state index in [1.807, 2.05) is 90.3 Å². The van der Waals surface area contributed by atoms with Gasteiger partial charge < -0.3 is 32.9 Å². The molecule has 0 saturated carbocycles. The zero-order chi connectivity index (χ0) is 42.1. The number of aliphatic imine (C=N–C) groups is 1. The molecule has 3 aromatic carbocycles. The normalized spacial score (nSPS) is 17.6. The molecular weight excluding hydrogens is 835 g/mol. The van der Waals surface area contributed by atoms with Crippen LogP contribution in [0.2, 0.25) is 0 Å². The van der Waals surface area contributed by atoms with Crippen molar-refractivity contribution in [3.8, 4) is 17.6 Å². The Hall–Kier alpha value is -4.52. The number of rotatable bonds is 19. The van der Waals surface area contributed by atoms with Crippen LogP contribution in [0.3, 0.4) is 0 Å². The highest BCUT2D eigenvalue weighted by Crippen LogP contribution is 2.51. The summed E-state index contributed by atoms with van der Waals surface area (Å²) in [5.74, 6) is 1.88. The Bertz CT molecular complexity index is 2130. The molecule has 14 nitrogen and oxygen atoms in total. The average molecular weight is 888 g/mol. The smallest absolute Gasteiger partial charge is 0.259 e. The maximum atomic E-state index is 9.42. The molecule has 0 aliphatic carbocycles. The molecule has 3 heterocycles. The van der Waals surface area contributed by atoms with Crippen molar-refractivity contribution in [1.29, 1.82) is 5.26 Å². The molecule has 16 heteroatoms. The Kier molecular flexibility index (Phi) is 15.0. The Labute approximate surface area is 356 Å². The highest BCUT2D eigenvalue weighted by Gasteiger charge is 2.45. The van der Waals surface area contributed by atoms with Crippen LogP contribution in [0.25, 0.3) is 11.2 Å². The number of nitriles is 1. The van der Waals surface area contributed by atoms with Gasteiger partial charge in [-0.3, -0.25) is 4.57 Å². The van der Waals surface area contributed by atoms with Gasteiger partial charge in [-0.05, 0) is 84.6 Å². The number of benzene rings is 3. The SMILES string of the molecule is COc1ccc(C(OC[C@H]2O[C@@H](n3c(Br)nc4c(/N=C/N(C)C)ncnc43)C[C@@H]2OP(OCCC#N)N(C(C)C)C(C)C)(c2ccccc2)c2ccc(OC)cc2)cc1. The van der Waals surface area contributed by atoms with Gasteiger partial charge in [0.05, 0.1) is 52.4 Å². The summed E-state index contributed by atoms with van der Waals surface area (Å²) >= 11 is 3.70. The zero-order valence-electron chi connectivity index (χ0n) is 34.7. The van der Waals surface area contributed by atoms with Gasteiger partial charge in [-0.25, -0.2) is 24.6 Å². The number of hydrogen-bond acceptors (Lipinski definition) is 12. The summed E-state index contributed by atoms with van der Waals surface area (Å²) in [5.41, 5.74) is 2.67. The van der Waals surface area contributed by atoms with Crippen molar-refractivity contribution >= 4 is 47.8 Å². The van der Waals surface area contributed by atoms with Gasteiger partial charge in [-0.2, -0.15) is 5.26 Å². The number of halogens is 1. The van der Waals surface area contributed by atoms with Crippen LogP contribution in [0, 0.1) is 11.3 Å². The van der Waals surface area contributed by atoms with Gasteiger partial charge in [0.15, 0.2) is 21.7 Å². The Morgan fingerprint density at radius 3 is 2.12 bits per heavy atom. The Balaban J connectivity index is 1.46. The number of hydrogen-bond donors (Lipinski definition) is 0. The second-order valence-corrected chi connectivity index (χ2v) is 16.8. The van der Waals surface area contributed by atoms with Crippen LogP contribution in [-0.4, -0.2) is 101 Å². The van der Waals surface area contributed by atoms with E-state index in [1.165, 1.54) is 6.33 Å². The predicted molar refractivity (Wildman–Crippen MR) is 232 cm³/mol. The minimum atomic E-state index is -1.64. The summed E-state index contributed by atoms with van der Waals surface area (Å²) < 4.78 is 43.7. The van der Waals surface area contributed by atoms with E-state index >= 15 is 0 Å². The average Bonchev–Trinajstić information content (AvgIpc) is 3.79. The van der Waals surface area contributed by atoms with Crippen molar-refractivity contribution in [2.45, 2.75) is 76.7 Å². The molecule has 5 aromatic rings. The second kappa shape index (κ2) is 20.2. The number of nitrogens with zero attached hydrogens (tertiary/aromatic N) is 8. The van der Waals surface area contributed by atoms with Crippen LogP contribution in [-0.2, 0) is 24.1 Å². The van der Waals surface area contributed by atoms with Gasteiger partial charge in [0.2, 0.25) is 0 Å². The Morgan fingerprint density at radius 1 is 0.949 bits per heavy atom. The number of ether oxygens (including phenoxy) is 4. The van der Waals surface area contributed by atoms with E-state index in [4.69, 9.17) is 33.0 Å². The number of fused-ring (bicyclic) bond motifs is 1. The third-order valence-corrected chi connectivity index (χ3v) is 12.5. The fourth-order valence-corrected chi connectivity index (χ4v) is 9.53. The monoisotopic (exact) mass is 886 g/mol. The molecule has 2 aromatic heterocycles. The quantitative estimate of drug-likeness (QED) is 0.0195. The maximum Gasteiger partial charge on any atom is 0.259 e. The molecule has 0 N–H and O–H groups in total. The summed E-state index contributed by atoms with van der Waals surface area (Å²) in [6.45, 7) is 8.80. The maximum absolute atomic E-state index is 9.42. The standard InChI is InChI=1S/C43H52BrN8O6P/c1-29(2)52(30(3)4)59(56-24-12-23-45)58-36-25-38(51-41-39(49-42(51)44)40(46-27-47-41)48-28-50(5)6)57-37(36)26-55-43(31-13-10-9-11-14-31,32-15-19-34(53-7)20-16-32)33-17-21-35(54-8)22-18-33/h9-11,13-22,27-30,36-38H,12,24-26H2,1-8H3/b48-28+/t36-,37+,38+,59?/m0/s1. The highest BCUT2D eigenvalue weighted by molar-refractivity contribution is 9.10.